The summed E-state index contributed by atoms with van der Waals surface area (Å²) in [5, 5.41) is 2.79. The summed E-state index contributed by atoms with van der Waals surface area (Å²) in [6.07, 6.45) is 4.62. The highest BCUT2D eigenvalue weighted by Gasteiger charge is 2.26. The van der Waals surface area contributed by atoms with Gasteiger partial charge in [0.15, 0.2) is 0 Å². The van der Waals surface area contributed by atoms with Crippen LogP contribution < -0.4 is 11.1 Å². The van der Waals surface area contributed by atoms with Crippen molar-refractivity contribution in [3.8, 4) is 0 Å². The van der Waals surface area contributed by atoms with Crippen molar-refractivity contribution in [2.75, 3.05) is 26.3 Å². The molecule has 0 aromatic heterocycles. The van der Waals surface area contributed by atoms with Gasteiger partial charge in [-0.05, 0) is 37.6 Å². The minimum atomic E-state index is -0.0101. The molecule has 0 heterocycles. The van der Waals surface area contributed by atoms with Crippen LogP contribution in [-0.2, 0) is 9.53 Å². The number of carbonyl (C=O) groups excluding carboxylic acids is 1. The lowest BCUT2D eigenvalue weighted by Crippen LogP contribution is -2.30. The Labute approximate surface area is 97.9 Å². The van der Waals surface area contributed by atoms with Crippen LogP contribution >= 0.6 is 0 Å². The Balaban J connectivity index is 2.08. The lowest BCUT2D eigenvalue weighted by atomic mass is 9.97. The molecule has 0 spiro atoms. The zero-order valence-electron chi connectivity index (χ0n) is 10.2. The first-order valence-corrected chi connectivity index (χ1v) is 6.32. The third kappa shape index (κ3) is 4.49. The van der Waals surface area contributed by atoms with Crippen molar-refractivity contribution < 1.29 is 9.53 Å². The maximum Gasteiger partial charge on any atom is 0.245 e. The maximum absolute atomic E-state index is 11.3. The average molecular weight is 228 g/mol. The molecule has 1 fully saturated rings. The first-order valence-electron chi connectivity index (χ1n) is 6.32. The molecule has 16 heavy (non-hydrogen) atoms. The molecule has 0 bridgehead atoms. The lowest BCUT2D eigenvalue weighted by molar-refractivity contribution is -0.126. The Hall–Kier alpha value is -0.610. The third-order valence-corrected chi connectivity index (χ3v) is 3.26. The smallest absolute Gasteiger partial charge is 0.245 e. The van der Waals surface area contributed by atoms with Crippen molar-refractivity contribution >= 4 is 5.91 Å². The number of rotatable bonds is 7. The fraction of sp³-hybridized carbons (Fsp3) is 0.917. The highest BCUT2D eigenvalue weighted by molar-refractivity contribution is 5.77. The van der Waals surface area contributed by atoms with Crippen molar-refractivity contribution in [3.05, 3.63) is 0 Å². The number of carbonyl (C=O) groups is 1. The Morgan fingerprint density at radius 1 is 1.44 bits per heavy atom. The van der Waals surface area contributed by atoms with E-state index in [1.807, 2.05) is 6.92 Å². The summed E-state index contributed by atoms with van der Waals surface area (Å²) < 4.78 is 5.44. The monoisotopic (exact) mass is 228 g/mol. The van der Waals surface area contributed by atoms with Crippen molar-refractivity contribution in [2.24, 2.45) is 17.6 Å². The Morgan fingerprint density at radius 2 is 2.19 bits per heavy atom. The fourth-order valence-electron chi connectivity index (χ4n) is 2.26. The number of hydrogen-bond acceptors (Lipinski definition) is 3. The molecule has 94 valence electrons. The number of amides is 1. The highest BCUT2D eigenvalue weighted by Crippen LogP contribution is 2.30. The van der Waals surface area contributed by atoms with Crippen LogP contribution in [0.4, 0.5) is 0 Å². The first-order chi connectivity index (χ1) is 7.77. The van der Waals surface area contributed by atoms with Gasteiger partial charge in [-0.25, -0.2) is 0 Å². The van der Waals surface area contributed by atoms with Gasteiger partial charge in [0.25, 0.3) is 0 Å². The Morgan fingerprint density at radius 3 is 2.88 bits per heavy atom. The summed E-state index contributed by atoms with van der Waals surface area (Å²) in [7, 11) is 0. The van der Waals surface area contributed by atoms with Crippen LogP contribution in [0.15, 0.2) is 0 Å². The molecule has 0 radical (unpaired) electrons. The van der Waals surface area contributed by atoms with Crippen molar-refractivity contribution in [2.45, 2.75) is 32.6 Å². The van der Waals surface area contributed by atoms with Crippen LogP contribution in [-0.4, -0.2) is 32.2 Å². The fourth-order valence-corrected chi connectivity index (χ4v) is 2.26. The van der Waals surface area contributed by atoms with Crippen LogP contribution in [0.5, 0.6) is 0 Å². The van der Waals surface area contributed by atoms with Crippen LogP contribution in [0, 0.1) is 11.8 Å². The van der Waals surface area contributed by atoms with E-state index < -0.39 is 0 Å². The molecule has 1 saturated carbocycles. The molecule has 2 unspecified atom stereocenters. The minimum Gasteiger partial charge on any atom is -0.371 e. The molecule has 3 N–H and O–H groups in total. The number of nitrogens with one attached hydrogen (secondary N) is 1. The molecule has 1 aliphatic carbocycles. The van der Waals surface area contributed by atoms with Crippen LogP contribution in [0.2, 0.25) is 0 Å². The summed E-state index contributed by atoms with van der Waals surface area (Å²) in [6, 6.07) is 0. The second kappa shape index (κ2) is 7.63. The van der Waals surface area contributed by atoms with E-state index in [1.165, 1.54) is 19.3 Å². The van der Waals surface area contributed by atoms with Gasteiger partial charge in [0, 0.05) is 6.54 Å². The van der Waals surface area contributed by atoms with Crippen LogP contribution in [0.3, 0.4) is 0 Å². The van der Waals surface area contributed by atoms with E-state index in [2.05, 4.69) is 5.32 Å². The predicted octanol–water partition coefficient (Wildman–Crippen LogP) is 0.904. The molecule has 4 nitrogen and oxygen atoms in total. The molecule has 1 amide bonds. The lowest BCUT2D eigenvalue weighted by Gasteiger charge is -2.17. The summed E-state index contributed by atoms with van der Waals surface area (Å²) in [5.41, 5.74) is 5.69. The van der Waals surface area contributed by atoms with Crippen LogP contribution in [0.25, 0.3) is 0 Å². The zero-order valence-corrected chi connectivity index (χ0v) is 10.2. The first kappa shape index (κ1) is 13.5. The van der Waals surface area contributed by atoms with Crippen LogP contribution in [0.1, 0.15) is 32.6 Å². The maximum atomic E-state index is 11.3. The van der Waals surface area contributed by atoms with E-state index in [9.17, 15) is 4.79 Å². The Kier molecular flexibility index (Phi) is 6.42. The van der Waals surface area contributed by atoms with E-state index in [-0.39, 0.29) is 12.5 Å². The Bertz CT molecular complexity index is 209. The second-order valence-electron chi connectivity index (χ2n) is 4.55. The van der Waals surface area contributed by atoms with E-state index in [0.717, 1.165) is 19.5 Å². The van der Waals surface area contributed by atoms with E-state index in [0.29, 0.717) is 18.4 Å². The number of hydrogen-bond donors (Lipinski definition) is 2. The third-order valence-electron chi connectivity index (χ3n) is 3.26. The van der Waals surface area contributed by atoms with Gasteiger partial charge >= 0.3 is 0 Å². The molecule has 4 heteroatoms. The van der Waals surface area contributed by atoms with Gasteiger partial charge in [-0.1, -0.05) is 13.3 Å². The zero-order chi connectivity index (χ0) is 11.8. The second-order valence-corrected chi connectivity index (χ2v) is 4.55. The topological polar surface area (TPSA) is 64.3 Å². The van der Waals surface area contributed by atoms with Gasteiger partial charge in [-0.3, -0.25) is 4.79 Å². The summed E-state index contributed by atoms with van der Waals surface area (Å²) >= 11 is 0. The summed E-state index contributed by atoms with van der Waals surface area (Å²) in [5.74, 6) is 1.15. The van der Waals surface area contributed by atoms with E-state index in [4.69, 9.17) is 10.5 Å². The van der Waals surface area contributed by atoms with Crippen molar-refractivity contribution in [3.63, 3.8) is 0 Å². The van der Waals surface area contributed by atoms with Gasteiger partial charge in [-0.15, -0.1) is 0 Å². The van der Waals surface area contributed by atoms with Crippen molar-refractivity contribution in [1.29, 1.82) is 0 Å². The highest BCUT2D eigenvalue weighted by atomic mass is 16.5. The number of nitrogens with two attached hydrogens (primary N) is 1. The van der Waals surface area contributed by atoms with Gasteiger partial charge in [0.05, 0.1) is 6.61 Å². The molecule has 1 aliphatic rings. The minimum absolute atomic E-state index is 0.0101. The molecular weight excluding hydrogens is 204 g/mol. The molecule has 0 aliphatic heterocycles. The van der Waals surface area contributed by atoms with E-state index >= 15 is 0 Å². The van der Waals surface area contributed by atoms with Gasteiger partial charge in [0.1, 0.15) is 6.61 Å². The molecule has 0 aromatic carbocycles. The summed E-state index contributed by atoms with van der Waals surface area (Å²) in [6.45, 7) is 4.38. The SMILES string of the molecule is CCCNC(=O)COCC1CCCC1CN. The van der Waals surface area contributed by atoms with E-state index in [1.54, 1.807) is 0 Å². The number of ether oxygens (including phenoxy) is 1. The average Bonchev–Trinajstić information content (AvgIpc) is 2.74. The summed E-state index contributed by atoms with van der Waals surface area (Å²) in [4.78, 5) is 11.3. The molecule has 0 aromatic rings. The largest absolute Gasteiger partial charge is 0.371 e. The molecule has 1 rings (SSSR count). The molecule has 2 atom stereocenters. The standard InChI is InChI=1S/C12H24N2O2/c1-2-6-14-12(15)9-16-8-11-5-3-4-10(11)7-13/h10-11H,2-9,13H2,1H3,(H,14,15). The van der Waals surface area contributed by atoms with Gasteiger partial charge in [0.2, 0.25) is 5.91 Å². The van der Waals surface area contributed by atoms with Gasteiger partial charge in [-0.2, -0.15) is 0 Å². The predicted molar refractivity (Wildman–Crippen MR) is 64.0 cm³/mol. The molecular formula is C12H24N2O2. The quantitative estimate of drug-likeness (QED) is 0.680. The normalized spacial score (nSPS) is 24.6. The molecule has 0 saturated heterocycles. The van der Waals surface area contributed by atoms with Crippen molar-refractivity contribution in [1.82, 2.24) is 5.32 Å². The van der Waals surface area contributed by atoms with Gasteiger partial charge < -0.3 is 15.8 Å².